The van der Waals surface area contributed by atoms with Crippen LogP contribution < -0.4 is 10.6 Å². The van der Waals surface area contributed by atoms with Gasteiger partial charge in [0.15, 0.2) is 0 Å². The Morgan fingerprint density at radius 3 is 2.50 bits per heavy atom. The summed E-state index contributed by atoms with van der Waals surface area (Å²) in [6.07, 6.45) is 0. The number of rotatable bonds is 4. The van der Waals surface area contributed by atoms with Gasteiger partial charge in [-0.1, -0.05) is 48.0 Å². The van der Waals surface area contributed by atoms with E-state index in [1.807, 2.05) is 37.3 Å². The molecular weight excluding hydrogens is 455 g/mol. The quantitative estimate of drug-likeness (QED) is 0.443. The molecule has 0 saturated heterocycles. The number of hydrogen-bond donors (Lipinski definition) is 2. The Hall–Kier alpha value is -3.97. The van der Waals surface area contributed by atoms with E-state index in [1.165, 1.54) is 18.2 Å². The Balaban J connectivity index is 1.62. The second kappa shape index (κ2) is 8.76. The second-order valence-corrected chi connectivity index (χ2v) is 8.51. The Morgan fingerprint density at radius 1 is 1.06 bits per heavy atom. The summed E-state index contributed by atoms with van der Waals surface area (Å²) in [5.41, 5.74) is 3.25. The Kier molecular flexibility index (Phi) is 5.63. The molecule has 2 N–H and O–H groups in total. The zero-order valence-corrected chi connectivity index (χ0v) is 18.9. The lowest BCUT2D eigenvalue weighted by Gasteiger charge is -2.32. The highest BCUT2D eigenvalue weighted by atomic mass is 35.5. The number of anilines is 1. The highest BCUT2D eigenvalue weighted by Crippen LogP contribution is 2.40. The highest BCUT2D eigenvalue weighted by molar-refractivity contribution is 6.31. The maximum atomic E-state index is 13.7. The van der Waals surface area contributed by atoms with Gasteiger partial charge >= 0.3 is 0 Å². The van der Waals surface area contributed by atoms with Crippen LogP contribution in [0, 0.1) is 12.7 Å². The predicted molar refractivity (Wildman–Crippen MR) is 128 cm³/mol. The minimum Gasteiger partial charge on any atom is -0.339 e. The molecule has 170 valence electrons. The largest absolute Gasteiger partial charge is 0.339 e. The molecule has 1 aliphatic heterocycles. The first-order valence-corrected chi connectivity index (χ1v) is 11.1. The van der Waals surface area contributed by atoms with Gasteiger partial charge in [0.05, 0.1) is 11.4 Å². The maximum absolute atomic E-state index is 13.7. The normalized spacial score (nSPS) is 17.1. The number of benzene rings is 3. The molecule has 0 aliphatic carbocycles. The summed E-state index contributed by atoms with van der Waals surface area (Å²) in [7, 11) is 0. The molecule has 2 heterocycles. The van der Waals surface area contributed by atoms with E-state index in [4.69, 9.17) is 11.6 Å². The van der Waals surface area contributed by atoms with Crippen molar-refractivity contribution in [3.05, 3.63) is 112 Å². The summed E-state index contributed by atoms with van der Waals surface area (Å²) in [4.78, 5) is 26.4. The van der Waals surface area contributed by atoms with Crippen LogP contribution in [0.25, 0.3) is 5.69 Å². The van der Waals surface area contributed by atoms with E-state index in [0.717, 1.165) is 11.3 Å². The average Bonchev–Trinajstić information content (AvgIpc) is 3.16. The van der Waals surface area contributed by atoms with Gasteiger partial charge in [-0.05, 0) is 55.0 Å². The third-order valence-corrected chi connectivity index (χ3v) is 6.11. The van der Waals surface area contributed by atoms with Crippen molar-refractivity contribution >= 4 is 29.2 Å². The number of nitrogens with zero attached hydrogens (tertiary/aromatic N) is 2. The van der Waals surface area contributed by atoms with Crippen LogP contribution >= 0.6 is 11.6 Å². The van der Waals surface area contributed by atoms with Crippen LogP contribution in [-0.2, 0) is 4.79 Å². The van der Waals surface area contributed by atoms with Crippen molar-refractivity contribution in [3.8, 4) is 5.69 Å². The number of nitrogens with one attached hydrogen (secondary N) is 2. The summed E-state index contributed by atoms with van der Waals surface area (Å²) in [6.45, 7) is 1.85. The van der Waals surface area contributed by atoms with E-state index < -0.39 is 23.8 Å². The topological polar surface area (TPSA) is 76.0 Å². The van der Waals surface area contributed by atoms with Crippen LogP contribution in [-0.4, -0.2) is 27.6 Å². The fraction of sp³-hybridized carbons (Fsp3) is 0.115. The minimum absolute atomic E-state index is 0.334. The van der Waals surface area contributed by atoms with Crippen molar-refractivity contribution < 1.29 is 14.0 Å². The van der Waals surface area contributed by atoms with Crippen molar-refractivity contribution in [2.75, 3.05) is 5.32 Å². The first-order valence-electron chi connectivity index (χ1n) is 10.7. The van der Waals surface area contributed by atoms with Crippen molar-refractivity contribution in [1.82, 2.24) is 15.1 Å². The molecule has 8 heteroatoms. The number of fused-ring (bicyclic) bond motifs is 1. The van der Waals surface area contributed by atoms with Gasteiger partial charge in [-0.25, -0.2) is 9.07 Å². The number of halogens is 2. The summed E-state index contributed by atoms with van der Waals surface area (Å²) in [5, 5.41) is 10.9. The van der Waals surface area contributed by atoms with Gasteiger partial charge in [-0.2, -0.15) is 5.10 Å². The monoisotopic (exact) mass is 474 g/mol. The maximum Gasteiger partial charge on any atom is 0.252 e. The number of aryl methyl sites for hydroxylation is 1. The predicted octanol–water partition coefficient (Wildman–Crippen LogP) is 4.86. The molecule has 6 nitrogen and oxygen atoms in total. The summed E-state index contributed by atoms with van der Waals surface area (Å²) >= 11 is 6.04. The molecule has 34 heavy (non-hydrogen) atoms. The molecule has 1 aromatic heterocycles. The third-order valence-electron chi connectivity index (χ3n) is 5.88. The molecule has 0 fully saturated rings. The number of carbonyl (C=O) groups is 2. The van der Waals surface area contributed by atoms with Gasteiger partial charge in [0, 0.05) is 22.1 Å². The molecule has 2 amide bonds. The van der Waals surface area contributed by atoms with Crippen molar-refractivity contribution in [1.29, 1.82) is 0 Å². The van der Waals surface area contributed by atoms with Crippen molar-refractivity contribution in [2.24, 2.45) is 0 Å². The lowest BCUT2D eigenvalue weighted by Crippen LogP contribution is -2.50. The Morgan fingerprint density at radius 2 is 1.79 bits per heavy atom. The van der Waals surface area contributed by atoms with E-state index >= 15 is 0 Å². The molecule has 5 rings (SSSR count). The molecule has 0 radical (unpaired) electrons. The standard InChI is InChI=1S/C26H20ClFN4O2/c1-15-21-22(16-10-12-19(28)13-11-16)23(29-25(33)17-6-5-7-18(27)14-17)26(34)30-24(21)32(31-15)20-8-3-2-4-9-20/h2-14,22-23H,1H3,(H,29,33)(H,30,34)/t22-,23-/m0/s1. The smallest absolute Gasteiger partial charge is 0.252 e. The number of hydrogen-bond acceptors (Lipinski definition) is 3. The molecule has 0 bridgehead atoms. The summed E-state index contributed by atoms with van der Waals surface area (Å²) in [6, 6.07) is 20.9. The molecule has 4 aromatic rings. The zero-order chi connectivity index (χ0) is 23.8. The average molecular weight is 475 g/mol. The first-order chi connectivity index (χ1) is 16.4. The molecule has 0 spiro atoms. The van der Waals surface area contributed by atoms with Gasteiger partial charge in [-0.15, -0.1) is 0 Å². The second-order valence-electron chi connectivity index (χ2n) is 8.07. The number of amides is 2. The minimum atomic E-state index is -0.948. The molecular formula is C26H20ClFN4O2. The van der Waals surface area contributed by atoms with Gasteiger partial charge in [0.1, 0.15) is 17.7 Å². The van der Waals surface area contributed by atoms with E-state index in [0.29, 0.717) is 27.7 Å². The molecule has 1 aliphatic rings. The van der Waals surface area contributed by atoms with Gasteiger partial charge < -0.3 is 10.6 Å². The molecule has 3 aromatic carbocycles. The van der Waals surface area contributed by atoms with Crippen LogP contribution in [0.4, 0.5) is 10.2 Å². The van der Waals surface area contributed by atoms with E-state index in [1.54, 1.807) is 35.0 Å². The van der Waals surface area contributed by atoms with Crippen molar-refractivity contribution in [3.63, 3.8) is 0 Å². The van der Waals surface area contributed by atoms with Crippen LogP contribution in [0.1, 0.15) is 33.1 Å². The zero-order valence-electron chi connectivity index (χ0n) is 18.1. The lowest BCUT2D eigenvalue weighted by molar-refractivity contribution is -0.118. The Bertz CT molecular complexity index is 1390. The van der Waals surface area contributed by atoms with Crippen LogP contribution in [0.2, 0.25) is 5.02 Å². The highest BCUT2D eigenvalue weighted by Gasteiger charge is 2.41. The van der Waals surface area contributed by atoms with Gasteiger partial charge in [0.2, 0.25) is 5.91 Å². The van der Waals surface area contributed by atoms with Crippen molar-refractivity contribution in [2.45, 2.75) is 18.9 Å². The molecule has 2 atom stereocenters. The number of aromatic nitrogens is 2. The van der Waals surface area contributed by atoms with E-state index in [9.17, 15) is 14.0 Å². The lowest BCUT2D eigenvalue weighted by atomic mass is 9.82. The number of carbonyl (C=O) groups excluding carboxylic acids is 2. The SMILES string of the molecule is Cc1nn(-c2ccccc2)c2c1[C@H](c1ccc(F)cc1)[C@H](NC(=O)c1cccc(Cl)c1)C(=O)N2. The van der Waals surface area contributed by atoms with Gasteiger partial charge in [0.25, 0.3) is 5.91 Å². The fourth-order valence-electron chi connectivity index (χ4n) is 4.33. The van der Waals surface area contributed by atoms with E-state index in [-0.39, 0.29) is 5.82 Å². The van der Waals surface area contributed by atoms with Crippen LogP contribution in [0.3, 0.4) is 0 Å². The Labute approximate surface area is 200 Å². The van der Waals surface area contributed by atoms with Crippen LogP contribution in [0.5, 0.6) is 0 Å². The molecule has 0 unspecified atom stereocenters. The fourth-order valence-corrected chi connectivity index (χ4v) is 4.52. The third kappa shape index (κ3) is 3.95. The summed E-state index contributed by atoms with van der Waals surface area (Å²) in [5.74, 6) is -1.28. The van der Waals surface area contributed by atoms with E-state index in [2.05, 4.69) is 15.7 Å². The van der Waals surface area contributed by atoms with Gasteiger partial charge in [-0.3, -0.25) is 9.59 Å². The number of para-hydroxylation sites is 1. The molecule has 0 saturated carbocycles. The summed E-state index contributed by atoms with van der Waals surface area (Å²) < 4.78 is 15.4. The first kappa shape index (κ1) is 21.9. The van der Waals surface area contributed by atoms with Crippen LogP contribution in [0.15, 0.2) is 78.9 Å².